The average Bonchev–Trinajstić information content (AvgIpc) is 2.38. The molecule has 0 unspecified atom stereocenters. The Morgan fingerprint density at radius 3 is 2.56 bits per heavy atom. The number of hydrogen-bond donors (Lipinski definition) is 1. The summed E-state index contributed by atoms with van der Waals surface area (Å²) in [4.78, 5) is 20.2. The van der Waals surface area contributed by atoms with Gasteiger partial charge in [-0.15, -0.1) is 0 Å². The Labute approximate surface area is 109 Å². The summed E-state index contributed by atoms with van der Waals surface area (Å²) in [7, 11) is 2.13. The van der Waals surface area contributed by atoms with Crippen molar-refractivity contribution in [3.63, 3.8) is 0 Å². The van der Waals surface area contributed by atoms with Gasteiger partial charge < -0.3 is 10.2 Å². The lowest BCUT2D eigenvalue weighted by Gasteiger charge is -2.32. The Morgan fingerprint density at radius 1 is 1.33 bits per heavy atom. The monoisotopic (exact) mass is 250 g/mol. The highest BCUT2D eigenvalue weighted by Crippen LogP contribution is 1.97. The van der Waals surface area contributed by atoms with E-state index in [0.717, 1.165) is 32.7 Å². The lowest BCUT2D eigenvalue weighted by atomic mass is 10.3. The van der Waals surface area contributed by atoms with Crippen LogP contribution in [0.5, 0.6) is 0 Å². The molecular formula is C13H22N4O. The molecule has 0 radical (unpaired) electrons. The number of carbonyl (C=O) groups is 1. The first kappa shape index (κ1) is 14.6. The summed E-state index contributed by atoms with van der Waals surface area (Å²) in [5.41, 5.74) is 0.309. The standard InChI is InChI=1S/C13H22N4O/c1-4-12(14-5-2)13(18)15-6-7-17-10-8-16(3)9-11-17/h4-5H,1-2,6-11H2,3H3,(H,15,18). The van der Waals surface area contributed by atoms with Gasteiger partial charge in [-0.05, 0) is 13.1 Å². The lowest BCUT2D eigenvalue weighted by molar-refractivity contribution is -0.114. The second kappa shape index (κ2) is 7.79. The molecule has 0 aromatic heterocycles. The molecule has 100 valence electrons. The number of aliphatic imine (C=N–C) groups is 1. The van der Waals surface area contributed by atoms with Crippen LogP contribution in [0.15, 0.2) is 30.4 Å². The molecule has 1 aliphatic rings. The van der Waals surface area contributed by atoms with Gasteiger partial charge in [0, 0.05) is 45.5 Å². The molecule has 5 heteroatoms. The summed E-state index contributed by atoms with van der Waals surface area (Å²) >= 11 is 0. The molecule has 0 atom stereocenters. The summed E-state index contributed by atoms with van der Waals surface area (Å²) in [6.45, 7) is 12.8. The molecule has 1 rings (SSSR count). The van der Waals surface area contributed by atoms with Gasteiger partial charge in [0.25, 0.3) is 5.91 Å². The largest absolute Gasteiger partial charge is 0.349 e. The average molecular weight is 250 g/mol. The minimum Gasteiger partial charge on any atom is -0.349 e. The highest BCUT2D eigenvalue weighted by atomic mass is 16.1. The van der Waals surface area contributed by atoms with Crippen molar-refractivity contribution < 1.29 is 4.79 Å². The molecule has 1 N–H and O–H groups in total. The molecule has 0 aromatic rings. The van der Waals surface area contributed by atoms with Crippen molar-refractivity contribution in [3.05, 3.63) is 25.4 Å². The molecule has 0 aromatic carbocycles. The van der Waals surface area contributed by atoms with Crippen LogP contribution in [0.25, 0.3) is 0 Å². The number of nitrogens with zero attached hydrogens (tertiary/aromatic N) is 3. The molecule has 1 saturated heterocycles. The summed E-state index contributed by atoms with van der Waals surface area (Å²) in [5, 5.41) is 2.83. The number of amides is 1. The molecule has 0 bridgehead atoms. The third-order valence-electron chi connectivity index (χ3n) is 2.97. The Bertz CT molecular complexity index is 330. The molecule has 5 nitrogen and oxygen atoms in total. The molecule has 1 heterocycles. The SMILES string of the molecule is C=CN=C(C=C)C(=O)NCCN1CCN(C)CC1. The maximum absolute atomic E-state index is 11.7. The zero-order valence-electron chi connectivity index (χ0n) is 11.1. The topological polar surface area (TPSA) is 47.9 Å². The highest BCUT2D eigenvalue weighted by Gasteiger charge is 2.13. The van der Waals surface area contributed by atoms with E-state index in [0.29, 0.717) is 12.3 Å². The molecule has 1 fully saturated rings. The Morgan fingerprint density at radius 2 is 2.00 bits per heavy atom. The van der Waals surface area contributed by atoms with E-state index < -0.39 is 0 Å². The maximum Gasteiger partial charge on any atom is 0.269 e. The third-order valence-corrected chi connectivity index (χ3v) is 2.97. The van der Waals surface area contributed by atoms with Crippen LogP contribution in [0.2, 0.25) is 0 Å². The van der Waals surface area contributed by atoms with E-state index in [1.54, 1.807) is 0 Å². The van der Waals surface area contributed by atoms with Gasteiger partial charge in [0.1, 0.15) is 5.71 Å². The lowest BCUT2D eigenvalue weighted by Crippen LogP contribution is -2.47. The fraction of sp³-hybridized carbons (Fsp3) is 0.538. The van der Waals surface area contributed by atoms with Crippen LogP contribution in [0.4, 0.5) is 0 Å². The van der Waals surface area contributed by atoms with Gasteiger partial charge in [-0.1, -0.05) is 13.2 Å². The van der Waals surface area contributed by atoms with Gasteiger partial charge in [0.15, 0.2) is 0 Å². The molecule has 0 spiro atoms. The minimum atomic E-state index is -0.195. The first-order chi connectivity index (χ1) is 8.67. The van der Waals surface area contributed by atoms with E-state index in [1.807, 2.05) is 0 Å². The van der Waals surface area contributed by atoms with Crippen LogP contribution in [-0.4, -0.2) is 67.7 Å². The van der Waals surface area contributed by atoms with Gasteiger partial charge in [-0.3, -0.25) is 14.7 Å². The van der Waals surface area contributed by atoms with Crippen molar-refractivity contribution in [2.75, 3.05) is 46.3 Å². The molecule has 0 saturated carbocycles. The Balaban J connectivity index is 2.25. The summed E-state index contributed by atoms with van der Waals surface area (Å²) in [6, 6.07) is 0. The van der Waals surface area contributed by atoms with Crippen LogP contribution >= 0.6 is 0 Å². The van der Waals surface area contributed by atoms with Crippen molar-refractivity contribution in [1.82, 2.24) is 15.1 Å². The maximum atomic E-state index is 11.7. The van der Waals surface area contributed by atoms with Crippen molar-refractivity contribution in [2.24, 2.45) is 4.99 Å². The summed E-state index contributed by atoms with van der Waals surface area (Å²) in [5.74, 6) is -0.195. The van der Waals surface area contributed by atoms with Crippen LogP contribution in [0.3, 0.4) is 0 Å². The van der Waals surface area contributed by atoms with Crippen LogP contribution < -0.4 is 5.32 Å². The zero-order valence-corrected chi connectivity index (χ0v) is 11.1. The van der Waals surface area contributed by atoms with Gasteiger partial charge in [0.05, 0.1) is 0 Å². The number of likely N-dealkylation sites (N-methyl/N-ethyl adjacent to an activating group) is 1. The fourth-order valence-electron chi connectivity index (χ4n) is 1.79. The third kappa shape index (κ3) is 4.81. The van der Waals surface area contributed by atoms with Crippen molar-refractivity contribution in [2.45, 2.75) is 0 Å². The predicted octanol–water partition coefficient (Wildman–Crippen LogP) is 0.121. The molecular weight excluding hydrogens is 228 g/mol. The number of rotatable bonds is 6. The smallest absolute Gasteiger partial charge is 0.269 e. The van der Waals surface area contributed by atoms with Crippen LogP contribution in [0.1, 0.15) is 0 Å². The number of nitrogens with one attached hydrogen (secondary N) is 1. The van der Waals surface area contributed by atoms with Gasteiger partial charge >= 0.3 is 0 Å². The summed E-state index contributed by atoms with van der Waals surface area (Å²) in [6.07, 6.45) is 2.78. The first-order valence-corrected chi connectivity index (χ1v) is 6.17. The van der Waals surface area contributed by atoms with E-state index >= 15 is 0 Å². The minimum absolute atomic E-state index is 0.195. The summed E-state index contributed by atoms with van der Waals surface area (Å²) < 4.78 is 0. The first-order valence-electron chi connectivity index (χ1n) is 6.17. The van der Waals surface area contributed by atoms with Crippen molar-refractivity contribution >= 4 is 11.6 Å². The zero-order chi connectivity index (χ0) is 13.4. The van der Waals surface area contributed by atoms with E-state index in [2.05, 4.69) is 40.3 Å². The van der Waals surface area contributed by atoms with Gasteiger partial charge in [-0.25, -0.2) is 0 Å². The predicted molar refractivity (Wildman–Crippen MR) is 74.8 cm³/mol. The van der Waals surface area contributed by atoms with Crippen molar-refractivity contribution in [1.29, 1.82) is 0 Å². The number of carbonyl (C=O) groups excluding carboxylic acids is 1. The quantitative estimate of drug-likeness (QED) is 0.681. The Hall–Kier alpha value is -1.46. The van der Waals surface area contributed by atoms with E-state index in [9.17, 15) is 4.79 Å². The van der Waals surface area contributed by atoms with Gasteiger partial charge in [-0.2, -0.15) is 0 Å². The Kier molecular flexibility index (Phi) is 6.32. The van der Waals surface area contributed by atoms with Crippen molar-refractivity contribution in [3.8, 4) is 0 Å². The highest BCUT2D eigenvalue weighted by molar-refractivity contribution is 6.43. The van der Waals surface area contributed by atoms with E-state index in [4.69, 9.17) is 0 Å². The van der Waals surface area contributed by atoms with Gasteiger partial charge in [0.2, 0.25) is 0 Å². The number of hydrogen-bond acceptors (Lipinski definition) is 4. The normalized spacial score (nSPS) is 18.4. The molecule has 1 amide bonds. The second-order valence-electron chi connectivity index (χ2n) is 4.30. The molecule has 1 aliphatic heterocycles. The van der Waals surface area contributed by atoms with Crippen LogP contribution in [0, 0.1) is 0 Å². The second-order valence-corrected chi connectivity index (χ2v) is 4.30. The number of piperazine rings is 1. The molecule has 18 heavy (non-hydrogen) atoms. The van der Waals surface area contributed by atoms with E-state index in [-0.39, 0.29) is 5.91 Å². The van der Waals surface area contributed by atoms with E-state index in [1.165, 1.54) is 12.3 Å². The molecule has 0 aliphatic carbocycles. The fourth-order valence-corrected chi connectivity index (χ4v) is 1.79. The van der Waals surface area contributed by atoms with Crippen LogP contribution in [-0.2, 0) is 4.79 Å².